The van der Waals surface area contributed by atoms with Gasteiger partial charge in [0, 0.05) is 17.6 Å². The number of halogens is 1. The Morgan fingerprint density at radius 2 is 2.05 bits per heavy atom. The molecule has 0 spiro atoms. The van der Waals surface area contributed by atoms with Gasteiger partial charge in [-0.05, 0) is 36.4 Å². The summed E-state index contributed by atoms with van der Waals surface area (Å²) in [5, 5.41) is 9.46. The second-order valence-electron chi connectivity index (χ2n) is 4.56. The Hall–Kier alpha value is -2.05. The number of thioether (sulfide) groups is 1. The molecule has 0 atom stereocenters. The fourth-order valence-electron chi connectivity index (χ4n) is 1.91. The second-order valence-corrected chi connectivity index (χ2v) is 5.94. The van der Waals surface area contributed by atoms with Gasteiger partial charge in [0.05, 0.1) is 12.0 Å². The fourth-order valence-corrected chi connectivity index (χ4v) is 2.84. The number of ketones is 1. The van der Waals surface area contributed by atoms with Gasteiger partial charge in [0.25, 0.3) is 0 Å². The summed E-state index contributed by atoms with van der Waals surface area (Å²) in [7, 11) is 1.84. The van der Waals surface area contributed by atoms with Crippen LogP contribution in [0.2, 0.25) is 5.02 Å². The van der Waals surface area contributed by atoms with Crippen molar-refractivity contribution in [2.24, 2.45) is 7.05 Å². The number of hydrogen-bond donors (Lipinski definition) is 0. The Labute approximate surface area is 136 Å². The van der Waals surface area contributed by atoms with E-state index in [0.717, 1.165) is 0 Å². The number of benzene rings is 1. The van der Waals surface area contributed by atoms with E-state index < -0.39 is 0 Å². The first-order chi connectivity index (χ1) is 10.6. The van der Waals surface area contributed by atoms with E-state index in [4.69, 9.17) is 16.0 Å². The highest BCUT2D eigenvalue weighted by Crippen LogP contribution is 2.23. The molecule has 7 heteroatoms. The molecular formula is C15H12ClN3O2S. The number of carbonyl (C=O) groups is 1. The van der Waals surface area contributed by atoms with Crippen LogP contribution in [0.5, 0.6) is 0 Å². The second kappa shape index (κ2) is 6.37. The molecule has 1 aromatic carbocycles. The predicted octanol–water partition coefficient (Wildman–Crippen LogP) is 3.70. The van der Waals surface area contributed by atoms with E-state index in [9.17, 15) is 4.79 Å². The zero-order valence-electron chi connectivity index (χ0n) is 11.7. The minimum Gasteiger partial charge on any atom is -0.461 e. The summed E-state index contributed by atoms with van der Waals surface area (Å²) in [5.41, 5.74) is 0.630. The largest absolute Gasteiger partial charge is 0.461 e. The number of rotatable bonds is 5. The van der Waals surface area contributed by atoms with Gasteiger partial charge in [-0.3, -0.25) is 4.79 Å². The molecule has 0 aliphatic rings. The first kappa shape index (κ1) is 14.9. The van der Waals surface area contributed by atoms with E-state index >= 15 is 0 Å². The van der Waals surface area contributed by atoms with Crippen molar-refractivity contribution in [3.63, 3.8) is 0 Å². The molecule has 2 aromatic heterocycles. The van der Waals surface area contributed by atoms with Crippen LogP contribution in [0.1, 0.15) is 10.4 Å². The van der Waals surface area contributed by atoms with Crippen LogP contribution in [-0.2, 0) is 7.05 Å². The Morgan fingerprint density at radius 3 is 2.73 bits per heavy atom. The van der Waals surface area contributed by atoms with Crippen molar-refractivity contribution in [2.45, 2.75) is 5.16 Å². The lowest BCUT2D eigenvalue weighted by atomic mass is 10.1. The Morgan fingerprint density at radius 1 is 1.27 bits per heavy atom. The molecule has 0 fully saturated rings. The van der Waals surface area contributed by atoms with Crippen molar-refractivity contribution in [2.75, 3.05) is 5.75 Å². The van der Waals surface area contributed by atoms with E-state index in [0.29, 0.717) is 27.3 Å². The molecule has 0 bridgehead atoms. The van der Waals surface area contributed by atoms with Gasteiger partial charge in [0.15, 0.2) is 22.5 Å². The molecule has 0 saturated carbocycles. The van der Waals surface area contributed by atoms with Crippen LogP contribution >= 0.6 is 23.4 Å². The van der Waals surface area contributed by atoms with Crippen molar-refractivity contribution >= 4 is 29.1 Å². The number of Topliss-reactive ketones (excluding diaryl/α,β-unsaturated/α-hetero) is 1. The van der Waals surface area contributed by atoms with Crippen molar-refractivity contribution < 1.29 is 9.21 Å². The maximum absolute atomic E-state index is 12.1. The van der Waals surface area contributed by atoms with Gasteiger partial charge in [-0.2, -0.15) is 0 Å². The monoisotopic (exact) mass is 333 g/mol. The quantitative estimate of drug-likeness (QED) is 0.526. The summed E-state index contributed by atoms with van der Waals surface area (Å²) in [4.78, 5) is 12.1. The molecule has 3 aromatic rings. The van der Waals surface area contributed by atoms with E-state index in [1.807, 2.05) is 13.1 Å². The number of aromatic nitrogens is 3. The summed E-state index contributed by atoms with van der Waals surface area (Å²) >= 11 is 7.15. The highest BCUT2D eigenvalue weighted by molar-refractivity contribution is 7.99. The number of hydrogen-bond acceptors (Lipinski definition) is 5. The number of furan rings is 1. The SMILES string of the molecule is Cn1c(SCC(=O)c2ccc(Cl)cc2)nnc1-c1ccco1. The molecule has 0 radical (unpaired) electrons. The van der Waals surface area contributed by atoms with Crippen LogP contribution in [0, 0.1) is 0 Å². The molecule has 112 valence electrons. The summed E-state index contributed by atoms with van der Waals surface area (Å²) in [6.07, 6.45) is 1.58. The van der Waals surface area contributed by atoms with Crippen molar-refractivity contribution in [1.29, 1.82) is 0 Å². The normalized spacial score (nSPS) is 10.8. The van der Waals surface area contributed by atoms with Crippen molar-refractivity contribution in [3.8, 4) is 11.6 Å². The molecule has 0 aliphatic heterocycles. The third-order valence-electron chi connectivity index (χ3n) is 3.08. The smallest absolute Gasteiger partial charge is 0.200 e. The molecule has 22 heavy (non-hydrogen) atoms. The highest BCUT2D eigenvalue weighted by atomic mass is 35.5. The van der Waals surface area contributed by atoms with Crippen LogP contribution in [0.15, 0.2) is 52.2 Å². The third kappa shape index (κ3) is 3.08. The van der Waals surface area contributed by atoms with Gasteiger partial charge in [0.2, 0.25) is 0 Å². The van der Waals surface area contributed by atoms with E-state index in [1.165, 1.54) is 11.8 Å². The molecular weight excluding hydrogens is 322 g/mol. The van der Waals surface area contributed by atoms with Crippen LogP contribution in [-0.4, -0.2) is 26.3 Å². The van der Waals surface area contributed by atoms with Gasteiger partial charge in [-0.1, -0.05) is 23.4 Å². The molecule has 0 unspecified atom stereocenters. The van der Waals surface area contributed by atoms with Gasteiger partial charge >= 0.3 is 0 Å². The minimum atomic E-state index is 0.0178. The zero-order chi connectivity index (χ0) is 15.5. The lowest BCUT2D eigenvalue weighted by Crippen LogP contribution is -2.03. The summed E-state index contributed by atoms with van der Waals surface area (Å²) in [5.74, 6) is 1.58. The van der Waals surface area contributed by atoms with Crippen LogP contribution in [0.4, 0.5) is 0 Å². The molecule has 0 saturated heterocycles. The average molecular weight is 334 g/mol. The summed E-state index contributed by atoms with van der Waals surface area (Å²) in [6, 6.07) is 10.5. The van der Waals surface area contributed by atoms with Crippen molar-refractivity contribution in [1.82, 2.24) is 14.8 Å². The van der Waals surface area contributed by atoms with Crippen LogP contribution < -0.4 is 0 Å². The van der Waals surface area contributed by atoms with Crippen LogP contribution in [0.3, 0.4) is 0 Å². The first-order valence-electron chi connectivity index (χ1n) is 6.50. The molecule has 2 heterocycles. The minimum absolute atomic E-state index is 0.0178. The van der Waals surface area contributed by atoms with Crippen LogP contribution in [0.25, 0.3) is 11.6 Å². The molecule has 0 aliphatic carbocycles. The van der Waals surface area contributed by atoms with Gasteiger partial charge in [-0.25, -0.2) is 0 Å². The fraction of sp³-hybridized carbons (Fsp3) is 0.133. The summed E-state index contributed by atoms with van der Waals surface area (Å²) in [6.45, 7) is 0. The predicted molar refractivity (Wildman–Crippen MR) is 85.2 cm³/mol. The number of carbonyl (C=O) groups excluding carboxylic acids is 1. The molecule has 5 nitrogen and oxygen atoms in total. The zero-order valence-corrected chi connectivity index (χ0v) is 13.3. The van der Waals surface area contributed by atoms with Crippen molar-refractivity contribution in [3.05, 3.63) is 53.2 Å². The van der Waals surface area contributed by atoms with E-state index in [-0.39, 0.29) is 11.5 Å². The van der Waals surface area contributed by atoms with E-state index in [2.05, 4.69) is 10.2 Å². The van der Waals surface area contributed by atoms with Gasteiger partial charge < -0.3 is 8.98 Å². The average Bonchev–Trinajstić information content (AvgIpc) is 3.15. The lowest BCUT2D eigenvalue weighted by molar-refractivity contribution is 0.102. The maximum atomic E-state index is 12.1. The third-order valence-corrected chi connectivity index (χ3v) is 4.35. The molecule has 0 N–H and O–H groups in total. The van der Waals surface area contributed by atoms with Gasteiger partial charge in [0.1, 0.15) is 0 Å². The molecule has 0 amide bonds. The maximum Gasteiger partial charge on any atom is 0.200 e. The first-order valence-corrected chi connectivity index (χ1v) is 7.86. The Kier molecular flexibility index (Phi) is 4.31. The Bertz CT molecular complexity index is 782. The standard InChI is InChI=1S/C15H12ClN3O2S/c1-19-14(13-3-2-8-21-13)17-18-15(19)22-9-12(20)10-4-6-11(16)7-5-10/h2-8H,9H2,1H3. The number of nitrogens with zero attached hydrogens (tertiary/aromatic N) is 3. The lowest BCUT2D eigenvalue weighted by Gasteiger charge is -2.02. The molecule has 3 rings (SSSR count). The Balaban J connectivity index is 1.69. The van der Waals surface area contributed by atoms with Gasteiger partial charge in [-0.15, -0.1) is 10.2 Å². The topological polar surface area (TPSA) is 60.9 Å². The van der Waals surface area contributed by atoms with E-state index in [1.54, 1.807) is 41.2 Å². The highest BCUT2D eigenvalue weighted by Gasteiger charge is 2.15. The summed E-state index contributed by atoms with van der Waals surface area (Å²) < 4.78 is 7.11.